The number of rotatable bonds is 3. The average molecular weight is 360 g/mol. The van der Waals surface area contributed by atoms with Crippen molar-refractivity contribution >= 4 is 15.9 Å². The second-order valence-corrected chi connectivity index (χ2v) is 9.96. The number of phenolic OH excluding ortho intramolecular Hbond substituents is 1. The Labute approximate surface area is 150 Å². The van der Waals surface area contributed by atoms with Crippen molar-refractivity contribution in [2.45, 2.75) is 52.4 Å². The van der Waals surface area contributed by atoms with Crippen molar-refractivity contribution in [3.8, 4) is 17.9 Å². The molecule has 0 heterocycles. The number of sulfone groups is 1. The predicted octanol–water partition coefficient (Wildman–Crippen LogP) is 3.79. The molecule has 5 nitrogen and oxygen atoms in total. The minimum atomic E-state index is -3.95. The summed E-state index contributed by atoms with van der Waals surface area (Å²) in [6.45, 7) is 11.7. The number of allylic oxidation sites excluding steroid dienone is 1. The minimum absolute atomic E-state index is 0.176. The Morgan fingerprint density at radius 2 is 1.52 bits per heavy atom. The van der Waals surface area contributed by atoms with Crippen LogP contribution in [0.3, 0.4) is 0 Å². The van der Waals surface area contributed by atoms with Gasteiger partial charge in [0, 0.05) is 11.1 Å². The van der Waals surface area contributed by atoms with E-state index in [4.69, 9.17) is 5.26 Å². The number of phenols is 1. The Kier molecular flexibility index (Phi) is 5.72. The molecule has 1 N–H and O–H groups in total. The van der Waals surface area contributed by atoms with Crippen LogP contribution in [-0.4, -0.2) is 19.3 Å². The summed E-state index contributed by atoms with van der Waals surface area (Å²) in [5.74, 6) is -0.571. The van der Waals surface area contributed by atoms with Gasteiger partial charge in [0.2, 0.25) is 9.84 Å². The second kappa shape index (κ2) is 6.90. The zero-order valence-electron chi connectivity index (χ0n) is 15.5. The molecule has 25 heavy (non-hydrogen) atoms. The molecular weight excluding hydrogens is 336 g/mol. The lowest BCUT2D eigenvalue weighted by Crippen LogP contribution is -2.17. The van der Waals surface area contributed by atoms with Crippen LogP contribution in [0.4, 0.5) is 0 Å². The first kappa shape index (κ1) is 20.7. The molecule has 0 saturated heterocycles. The van der Waals surface area contributed by atoms with Gasteiger partial charge in [-0.2, -0.15) is 10.5 Å². The van der Waals surface area contributed by atoms with Gasteiger partial charge in [-0.3, -0.25) is 0 Å². The van der Waals surface area contributed by atoms with E-state index in [9.17, 15) is 18.8 Å². The lowest BCUT2D eigenvalue weighted by Gasteiger charge is -2.28. The van der Waals surface area contributed by atoms with E-state index in [1.165, 1.54) is 6.08 Å². The van der Waals surface area contributed by atoms with Crippen molar-refractivity contribution < 1.29 is 13.5 Å². The maximum Gasteiger partial charge on any atom is 0.201 e. The van der Waals surface area contributed by atoms with Crippen LogP contribution in [-0.2, 0) is 20.7 Å². The fourth-order valence-electron chi connectivity index (χ4n) is 2.39. The van der Waals surface area contributed by atoms with Crippen molar-refractivity contribution in [3.63, 3.8) is 0 Å². The third-order valence-electron chi connectivity index (χ3n) is 3.75. The molecule has 0 aromatic heterocycles. The number of hydrogen-bond acceptors (Lipinski definition) is 5. The molecule has 1 aromatic rings. The Morgan fingerprint density at radius 1 is 1.08 bits per heavy atom. The molecule has 0 saturated carbocycles. The van der Waals surface area contributed by atoms with Crippen molar-refractivity contribution in [3.05, 3.63) is 33.7 Å². The fraction of sp³-hybridized carbons (Fsp3) is 0.474. The standard InChI is InChI=1S/C19H24N2O3S/c1-18(2,3)15-10-13(11-16(17(15)22)19(4,5)6)9-14(12-21)25(23,24)8-7-20/h9-11,22H,8H2,1-6H3/b14-9-. The van der Waals surface area contributed by atoms with Crippen LogP contribution in [0.5, 0.6) is 5.75 Å². The van der Waals surface area contributed by atoms with E-state index in [1.807, 2.05) is 41.5 Å². The molecule has 0 amide bonds. The number of aromatic hydroxyl groups is 1. The lowest BCUT2D eigenvalue weighted by molar-refractivity contribution is 0.423. The minimum Gasteiger partial charge on any atom is -0.507 e. The highest BCUT2D eigenvalue weighted by atomic mass is 32.2. The van der Waals surface area contributed by atoms with Crippen molar-refractivity contribution in [2.24, 2.45) is 0 Å². The molecule has 0 fully saturated rings. The van der Waals surface area contributed by atoms with Gasteiger partial charge in [-0.1, -0.05) is 41.5 Å². The molecule has 0 aliphatic carbocycles. The summed E-state index contributed by atoms with van der Waals surface area (Å²) in [7, 11) is -3.95. The summed E-state index contributed by atoms with van der Waals surface area (Å²) < 4.78 is 24.1. The van der Waals surface area contributed by atoms with Crippen LogP contribution >= 0.6 is 0 Å². The quantitative estimate of drug-likeness (QED) is 0.826. The third kappa shape index (κ3) is 4.84. The Hall–Kier alpha value is -2.31. The number of hydrogen-bond donors (Lipinski definition) is 1. The number of nitrogens with zero attached hydrogens (tertiary/aromatic N) is 2. The van der Waals surface area contributed by atoms with Gasteiger partial charge in [-0.25, -0.2) is 8.42 Å². The maximum absolute atomic E-state index is 12.0. The van der Waals surface area contributed by atoms with Gasteiger partial charge in [-0.05, 0) is 34.6 Å². The molecule has 0 aliphatic heterocycles. The highest BCUT2D eigenvalue weighted by Gasteiger charge is 2.27. The molecule has 0 aliphatic rings. The maximum atomic E-state index is 12.0. The number of nitriles is 2. The van der Waals surface area contributed by atoms with E-state index in [2.05, 4.69) is 0 Å². The Morgan fingerprint density at radius 3 is 1.84 bits per heavy atom. The van der Waals surface area contributed by atoms with Gasteiger partial charge in [-0.15, -0.1) is 0 Å². The molecule has 0 spiro atoms. The summed E-state index contributed by atoms with van der Waals surface area (Å²) in [5, 5.41) is 28.5. The third-order valence-corrected chi connectivity index (χ3v) is 5.13. The SMILES string of the molecule is CC(C)(C)c1cc(/C=C(/C#N)S(=O)(=O)CC#N)cc(C(C)(C)C)c1O. The molecule has 1 aromatic carbocycles. The highest BCUT2D eigenvalue weighted by molar-refractivity contribution is 7.95. The second-order valence-electron chi connectivity index (χ2n) is 8.00. The molecule has 134 valence electrons. The zero-order chi connectivity index (χ0) is 19.6. The van der Waals surface area contributed by atoms with Crippen LogP contribution in [0.2, 0.25) is 0 Å². The molecule has 6 heteroatoms. The predicted molar refractivity (Wildman–Crippen MR) is 98.5 cm³/mol. The molecule has 1 rings (SSSR count). The first-order valence-corrected chi connectivity index (χ1v) is 9.48. The smallest absolute Gasteiger partial charge is 0.201 e. The van der Waals surface area contributed by atoms with Crippen LogP contribution in [0, 0.1) is 22.7 Å². The van der Waals surface area contributed by atoms with Gasteiger partial charge in [0.05, 0.1) is 6.07 Å². The van der Waals surface area contributed by atoms with E-state index in [-0.39, 0.29) is 16.6 Å². The fourth-order valence-corrected chi connectivity index (χ4v) is 3.17. The Bertz CT molecular complexity index is 850. The summed E-state index contributed by atoms with van der Waals surface area (Å²) in [5.41, 5.74) is 1.10. The van der Waals surface area contributed by atoms with Gasteiger partial charge in [0.25, 0.3) is 0 Å². The summed E-state index contributed by atoms with van der Waals surface area (Å²) in [4.78, 5) is -0.459. The average Bonchev–Trinajstić information content (AvgIpc) is 2.43. The normalized spacial score (nSPS) is 13.2. The van der Waals surface area contributed by atoms with Crippen LogP contribution < -0.4 is 0 Å². The van der Waals surface area contributed by atoms with E-state index in [0.717, 1.165) is 0 Å². The largest absolute Gasteiger partial charge is 0.507 e. The van der Waals surface area contributed by atoms with E-state index in [1.54, 1.807) is 24.3 Å². The molecule has 0 bridgehead atoms. The van der Waals surface area contributed by atoms with E-state index < -0.39 is 20.5 Å². The van der Waals surface area contributed by atoms with Crippen molar-refractivity contribution in [1.82, 2.24) is 0 Å². The Balaban J connectivity index is 3.76. The molecule has 0 atom stereocenters. The topological polar surface area (TPSA) is 102 Å². The van der Waals surface area contributed by atoms with Gasteiger partial charge < -0.3 is 5.11 Å². The lowest BCUT2D eigenvalue weighted by atomic mass is 9.78. The van der Waals surface area contributed by atoms with Crippen LogP contribution in [0.1, 0.15) is 58.2 Å². The van der Waals surface area contributed by atoms with Gasteiger partial charge in [0.15, 0.2) is 0 Å². The summed E-state index contributed by atoms with van der Waals surface area (Å²) in [6.07, 6.45) is 1.26. The summed E-state index contributed by atoms with van der Waals surface area (Å²) in [6, 6.07) is 6.60. The zero-order valence-corrected chi connectivity index (χ0v) is 16.3. The first-order valence-electron chi connectivity index (χ1n) is 7.83. The van der Waals surface area contributed by atoms with E-state index in [0.29, 0.717) is 16.7 Å². The van der Waals surface area contributed by atoms with Crippen molar-refractivity contribution in [2.75, 3.05) is 5.75 Å². The van der Waals surface area contributed by atoms with Gasteiger partial charge in [0.1, 0.15) is 22.5 Å². The van der Waals surface area contributed by atoms with Gasteiger partial charge >= 0.3 is 0 Å². The molecule has 0 unspecified atom stereocenters. The van der Waals surface area contributed by atoms with E-state index >= 15 is 0 Å². The summed E-state index contributed by atoms with van der Waals surface area (Å²) >= 11 is 0. The van der Waals surface area contributed by atoms with Crippen LogP contribution in [0.25, 0.3) is 6.08 Å². The highest BCUT2D eigenvalue weighted by Crippen LogP contribution is 2.40. The first-order chi connectivity index (χ1) is 11.2. The van der Waals surface area contributed by atoms with Crippen LogP contribution in [0.15, 0.2) is 17.0 Å². The monoisotopic (exact) mass is 360 g/mol. The van der Waals surface area contributed by atoms with Crippen molar-refractivity contribution in [1.29, 1.82) is 10.5 Å². The molecule has 0 radical (unpaired) electrons. The number of benzene rings is 1. The molecular formula is C19H24N2O3S.